The Balaban J connectivity index is 2.38. The van der Waals surface area contributed by atoms with Crippen molar-refractivity contribution >= 4 is 22.9 Å². The number of hydrogen-bond acceptors (Lipinski definition) is 2. The van der Waals surface area contributed by atoms with Crippen molar-refractivity contribution in [3.8, 4) is 0 Å². The van der Waals surface area contributed by atoms with E-state index in [2.05, 4.69) is 56.4 Å². The number of thiophene rings is 1. The zero-order chi connectivity index (χ0) is 14.5. The van der Waals surface area contributed by atoms with Crippen LogP contribution in [0, 0.1) is 6.92 Å². The van der Waals surface area contributed by atoms with Crippen molar-refractivity contribution in [3.05, 3.63) is 56.2 Å². The van der Waals surface area contributed by atoms with E-state index in [1.165, 1.54) is 15.3 Å². The van der Waals surface area contributed by atoms with Gasteiger partial charge >= 0.3 is 0 Å². The molecule has 0 radical (unpaired) electrons. The normalized spacial score (nSPS) is 12.6. The van der Waals surface area contributed by atoms with E-state index in [0.717, 1.165) is 30.0 Å². The van der Waals surface area contributed by atoms with E-state index in [9.17, 15) is 0 Å². The third-order valence-corrected chi connectivity index (χ3v) is 5.26. The van der Waals surface area contributed by atoms with E-state index in [0.29, 0.717) is 0 Å². The van der Waals surface area contributed by atoms with E-state index in [1.807, 2.05) is 11.3 Å². The van der Waals surface area contributed by atoms with Gasteiger partial charge in [-0.3, -0.25) is 0 Å². The molecule has 2 rings (SSSR count). The second kappa shape index (κ2) is 7.26. The van der Waals surface area contributed by atoms with Crippen molar-refractivity contribution in [1.82, 2.24) is 5.32 Å². The Labute approximate surface area is 131 Å². The minimum absolute atomic E-state index is 0.202. The molecule has 0 bridgehead atoms. The molecule has 108 valence electrons. The van der Waals surface area contributed by atoms with E-state index in [-0.39, 0.29) is 6.04 Å². The molecule has 0 aliphatic carbocycles. The molecule has 20 heavy (non-hydrogen) atoms. The fourth-order valence-electron chi connectivity index (χ4n) is 2.29. The summed E-state index contributed by atoms with van der Waals surface area (Å²) >= 11 is 8.40. The molecule has 0 saturated heterocycles. The van der Waals surface area contributed by atoms with Crippen LogP contribution in [0.3, 0.4) is 0 Å². The molecule has 1 heterocycles. The van der Waals surface area contributed by atoms with Crippen molar-refractivity contribution in [1.29, 1.82) is 0 Å². The van der Waals surface area contributed by atoms with Crippen LogP contribution in [0.2, 0.25) is 5.02 Å². The Morgan fingerprint density at radius 1 is 1.20 bits per heavy atom. The number of nitrogens with one attached hydrogen (secondary N) is 1. The van der Waals surface area contributed by atoms with Gasteiger partial charge in [-0.1, -0.05) is 43.6 Å². The summed E-state index contributed by atoms with van der Waals surface area (Å²) in [6.45, 7) is 7.44. The highest BCUT2D eigenvalue weighted by molar-refractivity contribution is 7.12. The summed E-state index contributed by atoms with van der Waals surface area (Å²) < 4.78 is 0. The first-order chi connectivity index (χ1) is 9.67. The third kappa shape index (κ3) is 3.43. The maximum absolute atomic E-state index is 6.52. The molecular weight excluding hydrogens is 286 g/mol. The molecule has 2 aromatic rings. The van der Waals surface area contributed by atoms with E-state index in [1.54, 1.807) is 0 Å². The highest BCUT2D eigenvalue weighted by Crippen LogP contribution is 2.34. The number of aryl methyl sites for hydroxylation is 2. The summed E-state index contributed by atoms with van der Waals surface area (Å²) in [5, 5.41) is 4.52. The van der Waals surface area contributed by atoms with E-state index < -0.39 is 0 Å². The molecular formula is C17H22ClNS. The Hall–Kier alpha value is -0.830. The standard InChI is InChI=1S/C17H22ClNS/c1-4-11-19-17(15-10-9-13(5-2)20-15)14-8-6-7-12(3)16(14)18/h6-10,17,19H,4-5,11H2,1-3H3. The summed E-state index contributed by atoms with van der Waals surface area (Å²) in [5.41, 5.74) is 2.32. The lowest BCUT2D eigenvalue weighted by Crippen LogP contribution is -2.22. The maximum Gasteiger partial charge on any atom is 0.0685 e. The van der Waals surface area contributed by atoms with Crippen LogP contribution in [-0.2, 0) is 6.42 Å². The van der Waals surface area contributed by atoms with Gasteiger partial charge in [0.05, 0.1) is 6.04 Å². The number of halogens is 1. The molecule has 0 saturated carbocycles. The molecule has 0 aliphatic rings. The zero-order valence-corrected chi connectivity index (χ0v) is 13.9. The molecule has 1 atom stereocenters. The largest absolute Gasteiger partial charge is 0.306 e. The van der Waals surface area contributed by atoms with Crippen LogP contribution in [0.4, 0.5) is 0 Å². The smallest absolute Gasteiger partial charge is 0.0685 e. The average molecular weight is 308 g/mol. The van der Waals surface area contributed by atoms with Gasteiger partial charge in [0.25, 0.3) is 0 Å². The van der Waals surface area contributed by atoms with Crippen LogP contribution in [0.25, 0.3) is 0 Å². The molecule has 0 spiro atoms. The van der Waals surface area contributed by atoms with Crippen molar-refractivity contribution in [2.75, 3.05) is 6.54 Å². The first kappa shape index (κ1) is 15.6. The van der Waals surface area contributed by atoms with Gasteiger partial charge in [-0.15, -0.1) is 11.3 Å². The predicted molar refractivity (Wildman–Crippen MR) is 90.0 cm³/mol. The van der Waals surface area contributed by atoms with Crippen LogP contribution in [-0.4, -0.2) is 6.54 Å². The molecule has 1 N–H and O–H groups in total. The summed E-state index contributed by atoms with van der Waals surface area (Å²) in [6.07, 6.45) is 2.21. The summed E-state index contributed by atoms with van der Waals surface area (Å²) in [6, 6.07) is 10.9. The molecule has 1 aromatic carbocycles. The minimum Gasteiger partial charge on any atom is -0.306 e. The Bertz CT molecular complexity index is 562. The van der Waals surface area contributed by atoms with E-state index in [4.69, 9.17) is 11.6 Å². The molecule has 0 aliphatic heterocycles. The van der Waals surface area contributed by atoms with Crippen LogP contribution >= 0.6 is 22.9 Å². The SMILES string of the molecule is CCCNC(c1ccc(CC)s1)c1cccc(C)c1Cl. The zero-order valence-electron chi connectivity index (χ0n) is 12.4. The highest BCUT2D eigenvalue weighted by Gasteiger charge is 2.18. The first-order valence-electron chi connectivity index (χ1n) is 7.24. The Kier molecular flexibility index (Phi) is 5.64. The van der Waals surface area contributed by atoms with Gasteiger partial charge in [0.15, 0.2) is 0 Å². The lowest BCUT2D eigenvalue weighted by molar-refractivity contribution is 0.606. The van der Waals surface area contributed by atoms with Crippen molar-refractivity contribution in [3.63, 3.8) is 0 Å². The van der Waals surface area contributed by atoms with Gasteiger partial charge in [0.2, 0.25) is 0 Å². The van der Waals surface area contributed by atoms with Crippen LogP contribution < -0.4 is 5.32 Å². The van der Waals surface area contributed by atoms with Gasteiger partial charge < -0.3 is 5.32 Å². The first-order valence-corrected chi connectivity index (χ1v) is 8.43. The maximum atomic E-state index is 6.52. The molecule has 0 amide bonds. The van der Waals surface area contributed by atoms with Gasteiger partial charge in [-0.2, -0.15) is 0 Å². The lowest BCUT2D eigenvalue weighted by Gasteiger charge is -2.20. The number of rotatable bonds is 6. The Morgan fingerprint density at radius 2 is 2.00 bits per heavy atom. The summed E-state index contributed by atoms with van der Waals surface area (Å²) in [5.74, 6) is 0. The van der Waals surface area contributed by atoms with Gasteiger partial charge in [0.1, 0.15) is 0 Å². The van der Waals surface area contributed by atoms with Crippen LogP contribution in [0.5, 0.6) is 0 Å². The monoisotopic (exact) mass is 307 g/mol. The van der Waals surface area contributed by atoms with Gasteiger partial charge in [0, 0.05) is 14.8 Å². The van der Waals surface area contributed by atoms with E-state index >= 15 is 0 Å². The highest BCUT2D eigenvalue weighted by atomic mass is 35.5. The minimum atomic E-state index is 0.202. The lowest BCUT2D eigenvalue weighted by atomic mass is 10.0. The summed E-state index contributed by atoms with van der Waals surface area (Å²) in [4.78, 5) is 2.77. The van der Waals surface area contributed by atoms with Gasteiger partial charge in [-0.25, -0.2) is 0 Å². The molecule has 1 unspecified atom stereocenters. The Morgan fingerprint density at radius 3 is 2.65 bits per heavy atom. The summed E-state index contributed by atoms with van der Waals surface area (Å²) in [7, 11) is 0. The molecule has 0 fully saturated rings. The van der Waals surface area contributed by atoms with Crippen molar-refractivity contribution in [2.24, 2.45) is 0 Å². The molecule has 3 heteroatoms. The second-order valence-electron chi connectivity index (χ2n) is 5.02. The number of benzene rings is 1. The molecule has 1 nitrogen and oxygen atoms in total. The quantitative estimate of drug-likeness (QED) is 0.757. The van der Waals surface area contributed by atoms with Crippen LogP contribution in [0.15, 0.2) is 30.3 Å². The second-order valence-corrected chi connectivity index (χ2v) is 6.60. The van der Waals surface area contributed by atoms with Crippen molar-refractivity contribution in [2.45, 2.75) is 39.7 Å². The third-order valence-electron chi connectivity index (χ3n) is 3.45. The predicted octanol–water partition coefficient (Wildman–Crippen LogP) is 5.36. The molecule has 1 aromatic heterocycles. The fourth-order valence-corrected chi connectivity index (χ4v) is 3.57. The number of hydrogen-bond donors (Lipinski definition) is 1. The topological polar surface area (TPSA) is 12.0 Å². The fraction of sp³-hybridized carbons (Fsp3) is 0.412. The van der Waals surface area contributed by atoms with Crippen LogP contribution in [0.1, 0.15) is 47.2 Å². The van der Waals surface area contributed by atoms with Gasteiger partial charge in [-0.05, 0) is 49.6 Å². The van der Waals surface area contributed by atoms with Crippen molar-refractivity contribution < 1.29 is 0 Å². The average Bonchev–Trinajstić information content (AvgIpc) is 2.92.